The summed E-state index contributed by atoms with van der Waals surface area (Å²) >= 11 is 0. The van der Waals surface area contributed by atoms with Gasteiger partial charge < -0.3 is 19.3 Å². The molecule has 0 unspecified atom stereocenters. The van der Waals surface area contributed by atoms with Gasteiger partial charge in [-0.3, -0.25) is 15.0 Å². The van der Waals surface area contributed by atoms with Crippen molar-refractivity contribution in [2.45, 2.75) is 30.4 Å². The van der Waals surface area contributed by atoms with Crippen LogP contribution in [0.5, 0.6) is 5.75 Å². The van der Waals surface area contributed by atoms with Gasteiger partial charge in [-0.2, -0.15) is 0 Å². The molecule has 0 aliphatic carbocycles. The monoisotopic (exact) mass is 569 g/mol. The molecule has 0 bridgehead atoms. The maximum Gasteiger partial charge on any atom is 0.320 e. The lowest BCUT2D eigenvalue weighted by Crippen LogP contribution is -2.73. The zero-order valence-electron chi connectivity index (χ0n) is 22.0. The Labute approximate surface area is 231 Å². The number of rotatable bonds is 8. The highest BCUT2D eigenvalue weighted by molar-refractivity contribution is 7.89. The van der Waals surface area contributed by atoms with E-state index in [-0.39, 0.29) is 37.0 Å². The quantitative estimate of drug-likeness (QED) is 0.275. The SMILES string of the molecule is Cc1cc(COc2ccc(S(=O)(=O)NC3(CC(=O)NO)CN(C(=O)N4CCOCC4)C3)cc2)c2ccccc2n1. The number of ether oxygens (including phenoxy) is 2. The fourth-order valence-corrected chi connectivity index (χ4v) is 6.45. The molecular weight excluding hydrogens is 538 g/mol. The molecule has 212 valence electrons. The van der Waals surface area contributed by atoms with Gasteiger partial charge in [-0.15, -0.1) is 0 Å². The fourth-order valence-electron chi connectivity index (χ4n) is 5.07. The molecule has 3 heterocycles. The van der Waals surface area contributed by atoms with Crippen LogP contribution in [0.3, 0.4) is 0 Å². The molecule has 0 atom stereocenters. The number of para-hydroxylation sites is 1. The van der Waals surface area contributed by atoms with Gasteiger partial charge in [0.2, 0.25) is 15.9 Å². The Kier molecular flexibility index (Phi) is 7.90. The first kappa shape index (κ1) is 27.8. The van der Waals surface area contributed by atoms with Gasteiger partial charge in [0.05, 0.1) is 35.6 Å². The van der Waals surface area contributed by atoms with Gasteiger partial charge in [0.25, 0.3) is 0 Å². The minimum absolute atomic E-state index is 0.0175. The van der Waals surface area contributed by atoms with Crippen molar-refractivity contribution in [3.05, 3.63) is 65.9 Å². The maximum atomic E-state index is 13.3. The van der Waals surface area contributed by atoms with E-state index >= 15 is 0 Å². The van der Waals surface area contributed by atoms with Gasteiger partial charge >= 0.3 is 6.03 Å². The average Bonchev–Trinajstić information content (AvgIpc) is 2.94. The largest absolute Gasteiger partial charge is 0.489 e. The van der Waals surface area contributed by atoms with Crippen LogP contribution in [0.1, 0.15) is 17.7 Å². The number of hydroxylamine groups is 1. The molecule has 2 aromatic carbocycles. The molecule has 3 amide bonds. The maximum absolute atomic E-state index is 13.3. The van der Waals surface area contributed by atoms with Crippen LogP contribution >= 0.6 is 0 Å². The van der Waals surface area contributed by atoms with Crippen molar-refractivity contribution < 1.29 is 32.7 Å². The Balaban J connectivity index is 1.26. The van der Waals surface area contributed by atoms with Gasteiger partial charge in [0.15, 0.2) is 0 Å². The third-order valence-electron chi connectivity index (χ3n) is 6.97. The van der Waals surface area contributed by atoms with Crippen LogP contribution in [0.25, 0.3) is 10.9 Å². The average molecular weight is 570 g/mol. The molecule has 5 rings (SSSR count). The minimum Gasteiger partial charge on any atom is -0.489 e. The van der Waals surface area contributed by atoms with Gasteiger partial charge in [0.1, 0.15) is 12.4 Å². The summed E-state index contributed by atoms with van der Waals surface area (Å²) in [6.45, 7) is 3.91. The van der Waals surface area contributed by atoms with E-state index in [1.807, 2.05) is 37.3 Å². The Morgan fingerprint density at radius 1 is 1.07 bits per heavy atom. The van der Waals surface area contributed by atoms with Gasteiger partial charge in [-0.1, -0.05) is 18.2 Å². The van der Waals surface area contributed by atoms with Gasteiger partial charge in [-0.25, -0.2) is 23.4 Å². The number of amides is 3. The number of sulfonamides is 1. The summed E-state index contributed by atoms with van der Waals surface area (Å²) in [6.07, 6.45) is -0.337. The zero-order chi connectivity index (χ0) is 28.3. The molecule has 0 spiro atoms. The molecule has 3 aromatic rings. The number of hydrogen-bond acceptors (Lipinski definition) is 8. The highest BCUT2D eigenvalue weighted by Gasteiger charge is 2.50. The highest BCUT2D eigenvalue weighted by Crippen LogP contribution is 2.29. The minimum atomic E-state index is -4.07. The summed E-state index contributed by atoms with van der Waals surface area (Å²) in [4.78, 5) is 32.4. The van der Waals surface area contributed by atoms with Crippen molar-refractivity contribution in [2.24, 2.45) is 0 Å². The van der Waals surface area contributed by atoms with Crippen LogP contribution in [-0.2, 0) is 26.2 Å². The summed E-state index contributed by atoms with van der Waals surface area (Å²) in [5.74, 6) is -0.276. The summed E-state index contributed by atoms with van der Waals surface area (Å²) in [5, 5.41) is 10.0. The number of fused-ring (bicyclic) bond motifs is 1. The van der Waals surface area contributed by atoms with Crippen LogP contribution in [0.4, 0.5) is 4.79 Å². The lowest BCUT2D eigenvalue weighted by atomic mass is 9.87. The number of benzene rings is 2. The summed E-state index contributed by atoms with van der Waals surface area (Å²) in [7, 11) is -4.07. The van der Waals surface area contributed by atoms with Crippen molar-refractivity contribution >= 4 is 32.9 Å². The molecule has 40 heavy (non-hydrogen) atoms. The molecule has 12 nitrogen and oxygen atoms in total. The number of likely N-dealkylation sites (tertiary alicyclic amines) is 1. The van der Waals surface area contributed by atoms with E-state index in [1.165, 1.54) is 17.0 Å². The van der Waals surface area contributed by atoms with E-state index in [2.05, 4.69) is 9.71 Å². The molecule has 1 aromatic heterocycles. The predicted octanol–water partition coefficient (Wildman–Crippen LogP) is 1.80. The Morgan fingerprint density at radius 2 is 1.77 bits per heavy atom. The number of hydrogen-bond donors (Lipinski definition) is 3. The number of pyridine rings is 1. The molecule has 13 heteroatoms. The van der Waals surface area contributed by atoms with Crippen LogP contribution in [0, 0.1) is 6.92 Å². The molecule has 2 aliphatic rings. The summed E-state index contributed by atoms with van der Waals surface area (Å²) < 4.78 is 40.4. The number of carbonyl (C=O) groups excluding carboxylic acids is 2. The first-order valence-corrected chi connectivity index (χ1v) is 14.3. The van der Waals surface area contributed by atoms with Crippen LogP contribution in [0.2, 0.25) is 0 Å². The van der Waals surface area contributed by atoms with Crippen molar-refractivity contribution in [3.8, 4) is 5.75 Å². The molecule has 3 N–H and O–H groups in total. The predicted molar refractivity (Wildman–Crippen MR) is 144 cm³/mol. The lowest BCUT2D eigenvalue weighted by molar-refractivity contribution is -0.132. The van der Waals surface area contributed by atoms with E-state index in [0.29, 0.717) is 32.1 Å². The first-order valence-electron chi connectivity index (χ1n) is 12.8. The normalized spacial score (nSPS) is 16.9. The smallest absolute Gasteiger partial charge is 0.320 e. The van der Waals surface area contributed by atoms with Crippen molar-refractivity contribution in [1.29, 1.82) is 0 Å². The number of nitrogens with one attached hydrogen (secondary N) is 2. The standard InChI is InChI=1S/C27H31N5O7S/c1-19-14-20(23-4-2-3-5-24(23)28-19)16-39-21-6-8-22(9-7-21)40(36,37)30-27(15-25(33)29-35)17-32(18-27)26(34)31-10-12-38-13-11-31/h2-9,14,30,35H,10-13,15-18H2,1H3,(H,29,33). The van der Waals surface area contributed by atoms with Crippen LogP contribution in [0.15, 0.2) is 59.5 Å². The number of carbonyl (C=O) groups is 2. The number of urea groups is 1. The number of morpholine rings is 1. The van der Waals surface area contributed by atoms with Crippen LogP contribution in [-0.4, -0.2) is 85.3 Å². The zero-order valence-corrected chi connectivity index (χ0v) is 22.8. The number of aryl methyl sites for hydroxylation is 1. The van der Waals surface area contributed by atoms with E-state index in [1.54, 1.807) is 22.5 Å². The molecule has 0 radical (unpaired) electrons. The second-order valence-electron chi connectivity index (χ2n) is 10.0. The Hall–Kier alpha value is -3.78. The topological polar surface area (TPSA) is 150 Å². The Bertz CT molecular complexity index is 1500. The second-order valence-corrected chi connectivity index (χ2v) is 11.7. The third kappa shape index (κ3) is 6.02. The molecular formula is C27H31N5O7S. The summed E-state index contributed by atoms with van der Waals surface area (Å²) in [6, 6.07) is 15.5. The van der Waals surface area contributed by atoms with E-state index < -0.39 is 21.5 Å². The number of nitrogens with zero attached hydrogens (tertiary/aromatic N) is 3. The molecule has 2 fully saturated rings. The first-order chi connectivity index (χ1) is 19.2. The number of aromatic nitrogens is 1. The van der Waals surface area contributed by atoms with E-state index in [4.69, 9.17) is 14.7 Å². The van der Waals surface area contributed by atoms with Crippen LogP contribution < -0.4 is 14.9 Å². The molecule has 0 saturated carbocycles. The van der Waals surface area contributed by atoms with Crippen molar-refractivity contribution in [1.82, 2.24) is 25.0 Å². The fraction of sp³-hybridized carbons (Fsp3) is 0.370. The van der Waals surface area contributed by atoms with Crippen molar-refractivity contribution in [3.63, 3.8) is 0 Å². The molecule has 2 aliphatic heterocycles. The third-order valence-corrected chi connectivity index (χ3v) is 8.57. The van der Waals surface area contributed by atoms with E-state index in [9.17, 15) is 18.0 Å². The van der Waals surface area contributed by atoms with Crippen molar-refractivity contribution in [2.75, 3.05) is 39.4 Å². The second kappa shape index (κ2) is 11.4. The molecule has 2 saturated heterocycles. The highest BCUT2D eigenvalue weighted by atomic mass is 32.2. The summed E-state index contributed by atoms with van der Waals surface area (Å²) in [5.41, 5.74) is 2.99. The van der Waals surface area contributed by atoms with Gasteiger partial charge in [-0.05, 0) is 43.3 Å². The Morgan fingerprint density at radius 3 is 2.48 bits per heavy atom. The lowest BCUT2D eigenvalue weighted by Gasteiger charge is -2.51. The van der Waals surface area contributed by atoms with Gasteiger partial charge in [0, 0.05) is 42.8 Å². The van der Waals surface area contributed by atoms with E-state index in [0.717, 1.165) is 22.2 Å².